The van der Waals surface area contributed by atoms with Crippen LogP contribution in [0.3, 0.4) is 0 Å². The first kappa shape index (κ1) is 15.8. The van der Waals surface area contributed by atoms with E-state index < -0.39 is 0 Å². The topological polar surface area (TPSA) is 72.5 Å². The van der Waals surface area contributed by atoms with Crippen LogP contribution in [0.2, 0.25) is 0 Å². The Labute approximate surface area is 145 Å². The zero-order chi connectivity index (χ0) is 17.2. The lowest BCUT2D eigenvalue weighted by Gasteiger charge is -2.48. The first-order chi connectivity index (χ1) is 12.2. The smallest absolute Gasteiger partial charge is 0.260 e. The summed E-state index contributed by atoms with van der Waals surface area (Å²) in [5, 5.41) is 0. The van der Waals surface area contributed by atoms with Gasteiger partial charge in [0.25, 0.3) is 11.5 Å². The third-order valence-electron chi connectivity index (χ3n) is 5.00. The molecule has 0 aliphatic carbocycles. The van der Waals surface area contributed by atoms with Gasteiger partial charge in [-0.2, -0.15) is 0 Å². The number of aromatic amines is 1. The Bertz CT molecular complexity index is 792. The summed E-state index contributed by atoms with van der Waals surface area (Å²) in [4.78, 5) is 37.6. The van der Waals surface area contributed by atoms with Crippen molar-refractivity contribution >= 4 is 11.7 Å². The van der Waals surface area contributed by atoms with Crippen molar-refractivity contribution < 1.29 is 4.79 Å². The summed E-state index contributed by atoms with van der Waals surface area (Å²) in [6.45, 7) is 5.21. The molecule has 0 radical (unpaired) electrons. The average Bonchev–Trinajstić information content (AvgIpc) is 2.62. The van der Waals surface area contributed by atoms with E-state index in [0.29, 0.717) is 19.1 Å². The van der Waals surface area contributed by atoms with Gasteiger partial charge in [-0.05, 0) is 24.3 Å². The number of nitrogens with one attached hydrogen (secondary N) is 1. The van der Waals surface area contributed by atoms with E-state index in [0.717, 1.165) is 32.0 Å². The Kier molecular flexibility index (Phi) is 4.23. The van der Waals surface area contributed by atoms with Crippen LogP contribution in [0.1, 0.15) is 10.4 Å². The summed E-state index contributed by atoms with van der Waals surface area (Å²) in [7, 11) is 0. The molecule has 0 aromatic carbocycles. The molecule has 2 aliphatic rings. The zero-order valence-electron chi connectivity index (χ0n) is 14.0. The molecule has 7 nitrogen and oxygen atoms in total. The van der Waals surface area contributed by atoms with E-state index in [1.54, 1.807) is 23.2 Å². The quantitative estimate of drug-likeness (QED) is 0.877. The molecule has 7 heteroatoms. The molecule has 4 heterocycles. The average molecular weight is 339 g/mol. The van der Waals surface area contributed by atoms with Crippen molar-refractivity contribution in [3.05, 3.63) is 58.6 Å². The molecule has 130 valence electrons. The van der Waals surface area contributed by atoms with Crippen molar-refractivity contribution in [2.24, 2.45) is 0 Å². The van der Waals surface area contributed by atoms with Gasteiger partial charge in [-0.15, -0.1) is 0 Å². The predicted molar refractivity (Wildman–Crippen MR) is 94.8 cm³/mol. The van der Waals surface area contributed by atoms with Gasteiger partial charge in [-0.1, -0.05) is 6.07 Å². The van der Waals surface area contributed by atoms with Crippen molar-refractivity contribution in [2.75, 3.05) is 44.2 Å². The van der Waals surface area contributed by atoms with Crippen LogP contribution in [0.15, 0.2) is 47.5 Å². The number of pyridine rings is 2. The largest absolute Gasteiger partial charge is 0.354 e. The zero-order valence-corrected chi connectivity index (χ0v) is 14.0. The van der Waals surface area contributed by atoms with E-state index in [4.69, 9.17) is 0 Å². The highest BCUT2D eigenvalue weighted by atomic mass is 16.2. The summed E-state index contributed by atoms with van der Waals surface area (Å²) in [5.74, 6) is 0.848. The van der Waals surface area contributed by atoms with Gasteiger partial charge in [0, 0.05) is 57.7 Å². The molecule has 0 bridgehead atoms. The second-order valence-corrected chi connectivity index (χ2v) is 6.49. The molecule has 0 spiro atoms. The highest BCUT2D eigenvalue weighted by Gasteiger charge is 2.37. The van der Waals surface area contributed by atoms with Gasteiger partial charge in [0.1, 0.15) is 11.4 Å². The number of H-pyrrole nitrogens is 1. The first-order valence-corrected chi connectivity index (χ1v) is 8.59. The molecule has 0 saturated carbocycles. The lowest BCUT2D eigenvalue weighted by molar-refractivity contribution is 0.0245. The molecule has 1 N–H and O–H groups in total. The van der Waals surface area contributed by atoms with Gasteiger partial charge in [0.05, 0.1) is 0 Å². The SMILES string of the molecule is O=C(c1ccc[nH]c1=O)N1CC(N2CCN(c3ccccn3)CC2)C1. The molecule has 1 amide bonds. The van der Waals surface area contributed by atoms with Crippen LogP contribution in [0.5, 0.6) is 0 Å². The van der Waals surface area contributed by atoms with Gasteiger partial charge < -0.3 is 14.8 Å². The fourth-order valence-electron chi connectivity index (χ4n) is 3.47. The highest BCUT2D eigenvalue weighted by Crippen LogP contribution is 2.20. The van der Waals surface area contributed by atoms with Crippen LogP contribution < -0.4 is 10.5 Å². The number of carbonyl (C=O) groups is 1. The summed E-state index contributed by atoms with van der Waals surface area (Å²) >= 11 is 0. The summed E-state index contributed by atoms with van der Waals surface area (Å²) in [6, 6.07) is 9.63. The minimum atomic E-state index is -0.320. The number of nitrogens with zero attached hydrogens (tertiary/aromatic N) is 4. The number of likely N-dealkylation sites (tertiary alicyclic amines) is 1. The van der Waals surface area contributed by atoms with Gasteiger partial charge in [0.15, 0.2) is 0 Å². The molecular formula is C18H21N5O2. The lowest BCUT2D eigenvalue weighted by atomic mass is 10.0. The predicted octanol–water partition coefficient (Wildman–Crippen LogP) is 0.416. The third-order valence-corrected chi connectivity index (χ3v) is 5.00. The molecular weight excluding hydrogens is 318 g/mol. The minimum Gasteiger partial charge on any atom is -0.354 e. The minimum absolute atomic E-state index is 0.176. The monoisotopic (exact) mass is 339 g/mol. The fraction of sp³-hybridized carbons (Fsp3) is 0.389. The van der Waals surface area contributed by atoms with Crippen LogP contribution in [0.25, 0.3) is 0 Å². The number of amides is 1. The van der Waals surface area contributed by atoms with Crippen LogP contribution in [-0.4, -0.2) is 71.0 Å². The Balaban J connectivity index is 1.30. The number of piperazine rings is 1. The maximum absolute atomic E-state index is 12.4. The highest BCUT2D eigenvalue weighted by molar-refractivity contribution is 5.94. The van der Waals surface area contributed by atoms with E-state index >= 15 is 0 Å². The molecule has 2 saturated heterocycles. The van der Waals surface area contributed by atoms with Crippen molar-refractivity contribution in [3.63, 3.8) is 0 Å². The second-order valence-electron chi connectivity index (χ2n) is 6.49. The Morgan fingerprint density at radius 2 is 1.88 bits per heavy atom. The van der Waals surface area contributed by atoms with E-state index in [-0.39, 0.29) is 17.0 Å². The Morgan fingerprint density at radius 3 is 2.56 bits per heavy atom. The molecule has 2 aromatic rings. The number of rotatable bonds is 3. The molecule has 2 aromatic heterocycles. The first-order valence-electron chi connectivity index (χ1n) is 8.59. The van der Waals surface area contributed by atoms with E-state index in [2.05, 4.69) is 19.8 Å². The Hall–Kier alpha value is -2.67. The van der Waals surface area contributed by atoms with Crippen LogP contribution in [0, 0.1) is 0 Å². The number of hydrogen-bond donors (Lipinski definition) is 1. The normalized spacial score (nSPS) is 18.9. The molecule has 0 unspecified atom stereocenters. The van der Waals surface area contributed by atoms with Crippen molar-refractivity contribution in [3.8, 4) is 0 Å². The molecule has 4 rings (SSSR count). The maximum Gasteiger partial charge on any atom is 0.260 e. The van der Waals surface area contributed by atoms with Crippen LogP contribution in [-0.2, 0) is 0 Å². The van der Waals surface area contributed by atoms with Gasteiger partial charge in [-0.3, -0.25) is 14.5 Å². The van der Waals surface area contributed by atoms with Gasteiger partial charge in [-0.25, -0.2) is 4.98 Å². The number of carbonyl (C=O) groups excluding carboxylic acids is 1. The molecule has 2 aliphatic heterocycles. The van der Waals surface area contributed by atoms with Crippen LogP contribution in [0.4, 0.5) is 5.82 Å². The van der Waals surface area contributed by atoms with E-state index in [9.17, 15) is 9.59 Å². The van der Waals surface area contributed by atoms with Crippen molar-refractivity contribution in [1.82, 2.24) is 19.8 Å². The molecule has 25 heavy (non-hydrogen) atoms. The standard InChI is InChI=1S/C18H21N5O2/c24-17-15(4-3-7-20-17)18(25)23-12-14(13-23)21-8-10-22(11-9-21)16-5-1-2-6-19-16/h1-7,14H,8-13H2,(H,20,24). The maximum atomic E-state index is 12.4. The summed E-state index contributed by atoms with van der Waals surface area (Å²) in [6.07, 6.45) is 3.36. The summed E-state index contributed by atoms with van der Waals surface area (Å²) < 4.78 is 0. The van der Waals surface area contributed by atoms with Gasteiger partial charge >= 0.3 is 0 Å². The Morgan fingerprint density at radius 1 is 1.08 bits per heavy atom. The third kappa shape index (κ3) is 3.15. The second kappa shape index (κ2) is 6.68. The number of anilines is 1. The lowest BCUT2D eigenvalue weighted by Crippen LogP contribution is -2.64. The fourth-order valence-corrected chi connectivity index (χ4v) is 3.47. The summed E-state index contributed by atoms with van der Waals surface area (Å²) in [5.41, 5.74) is -0.0964. The molecule has 0 atom stereocenters. The van der Waals surface area contributed by atoms with Gasteiger partial charge in [0.2, 0.25) is 0 Å². The van der Waals surface area contributed by atoms with Crippen molar-refractivity contribution in [1.29, 1.82) is 0 Å². The van der Waals surface area contributed by atoms with Crippen LogP contribution >= 0.6 is 0 Å². The van der Waals surface area contributed by atoms with E-state index in [1.807, 2.05) is 24.4 Å². The van der Waals surface area contributed by atoms with E-state index in [1.165, 1.54) is 0 Å². The number of aromatic nitrogens is 2. The van der Waals surface area contributed by atoms with Crippen molar-refractivity contribution in [2.45, 2.75) is 6.04 Å². The molecule has 2 fully saturated rings. The number of hydrogen-bond acceptors (Lipinski definition) is 5.